The average Bonchev–Trinajstić information content (AvgIpc) is 3.76. The Bertz CT molecular complexity index is 1960. The van der Waals surface area contributed by atoms with Crippen LogP contribution in [0.1, 0.15) is 59.3 Å². The fourth-order valence-electron chi connectivity index (χ4n) is 8.77. The highest BCUT2D eigenvalue weighted by atomic mass is 35.5. The van der Waals surface area contributed by atoms with Gasteiger partial charge in [0, 0.05) is 41.6 Å². The van der Waals surface area contributed by atoms with E-state index in [4.69, 9.17) is 40.5 Å². The summed E-state index contributed by atoms with van der Waals surface area (Å²) < 4.78 is 40.5. The Hall–Kier alpha value is -3.93. The standard InChI is InChI=1S/C39H45ClFN5O5/c1-38(2,3)51-37(47)46-25-10-11-26(46)21-44(20-25)35-29-13-12-28(30-19-27(50-23-48-4)18-24-8-5-9-31(40)32(24)30)33(41)34(29)42-36(43-35)49-22-39-14-6-16-45(39)17-7-15-39/h5,8-9,12-13,18-19,25-26H,6-7,10-11,14-17,20-23H2,1-4H3/t25-,26+. The molecule has 10 nitrogen and oxygen atoms in total. The molecule has 0 unspecified atom stereocenters. The second kappa shape index (κ2) is 13.2. The van der Waals surface area contributed by atoms with Gasteiger partial charge in [0.2, 0.25) is 0 Å². The number of halogens is 2. The third kappa shape index (κ3) is 6.31. The summed E-state index contributed by atoms with van der Waals surface area (Å²) in [6, 6.07) is 13.0. The zero-order valence-electron chi connectivity index (χ0n) is 29.7. The number of ether oxygens (including phenoxy) is 4. The van der Waals surface area contributed by atoms with Gasteiger partial charge in [-0.25, -0.2) is 9.18 Å². The van der Waals surface area contributed by atoms with E-state index < -0.39 is 11.4 Å². The third-order valence-electron chi connectivity index (χ3n) is 11.0. The number of methoxy groups -OCH3 is 1. The fourth-order valence-corrected chi connectivity index (χ4v) is 9.05. The Morgan fingerprint density at radius 1 is 1.00 bits per heavy atom. The summed E-state index contributed by atoms with van der Waals surface area (Å²) in [5.41, 5.74) is 0.475. The number of rotatable bonds is 8. The summed E-state index contributed by atoms with van der Waals surface area (Å²) in [7, 11) is 1.55. The molecule has 4 aliphatic rings. The van der Waals surface area contributed by atoms with Crippen molar-refractivity contribution in [1.82, 2.24) is 19.8 Å². The summed E-state index contributed by atoms with van der Waals surface area (Å²) in [6.45, 7) is 9.38. The number of aromatic nitrogens is 2. The summed E-state index contributed by atoms with van der Waals surface area (Å²) in [5, 5.41) is 2.61. The van der Waals surface area contributed by atoms with E-state index in [2.05, 4.69) is 9.80 Å². The van der Waals surface area contributed by atoms with Gasteiger partial charge in [-0.2, -0.15) is 9.97 Å². The van der Waals surface area contributed by atoms with Gasteiger partial charge in [0.1, 0.15) is 29.3 Å². The van der Waals surface area contributed by atoms with E-state index in [0.29, 0.717) is 58.2 Å². The number of hydrogen-bond acceptors (Lipinski definition) is 9. The molecule has 1 aromatic heterocycles. The highest BCUT2D eigenvalue weighted by Gasteiger charge is 2.46. The van der Waals surface area contributed by atoms with Gasteiger partial charge >= 0.3 is 12.1 Å². The van der Waals surface area contributed by atoms with E-state index >= 15 is 4.39 Å². The number of amides is 1. The zero-order valence-corrected chi connectivity index (χ0v) is 30.5. The largest absolute Gasteiger partial charge is 0.468 e. The molecule has 4 aromatic rings. The normalized spacial score (nSPS) is 21.5. The predicted octanol–water partition coefficient (Wildman–Crippen LogP) is 7.82. The number of fused-ring (bicyclic) bond motifs is 5. The van der Waals surface area contributed by atoms with Crippen molar-refractivity contribution in [1.29, 1.82) is 0 Å². The van der Waals surface area contributed by atoms with Crippen LogP contribution in [0.2, 0.25) is 5.02 Å². The molecule has 1 amide bonds. The lowest BCUT2D eigenvalue weighted by molar-refractivity contribution is 0.0122. The second-order valence-electron chi connectivity index (χ2n) is 15.4. The fraction of sp³-hybridized carbons (Fsp3) is 0.513. The first-order valence-corrected chi connectivity index (χ1v) is 18.4. The van der Waals surface area contributed by atoms with Crippen molar-refractivity contribution in [2.75, 3.05) is 51.6 Å². The molecule has 2 bridgehead atoms. The lowest BCUT2D eigenvalue weighted by Gasteiger charge is -2.42. The minimum Gasteiger partial charge on any atom is -0.468 e. The highest BCUT2D eigenvalue weighted by molar-refractivity contribution is 6.36. The smallest absolute Gasteiger partial charge is 0.410 e. The zero-order chi connectivity index (χ0) is 35.5. The first-order valence-electron chi connectivity index (χ1n) is 18.0. The van der Waals surface area contributed by atoms with Crippen molar-refractivity contribution >= 4 is 45.2 Å². The number of carbonyl (C=O) groups excluding carboxylic acids is 1. The van der Waals surface area contributed by atoms with E-state index in [1.54, 1.807) is 25.3 Å². The van der Waals surface area contributed by atoms with Gasteiger partial charge in [0.15, 0.2) is 12.6 Å². The van der Waals surface area contributed by atoms with Crippen LogP contribution in [0.5, 0.6) is 11.8 Å². The molecule has 270 valence electrons. The molecule has 0 saturated carbocycles. The topological polar surface area (TPSA) is 89.5 Å². The Labute approximate surface area is 302 Å². The molecule has 0 N–H and O–H groups in total. The molecular formula is C39H45ClFN5O5. The van der Waals surface area contributed by atoms with Crippen molar-refractivity contribution in [3.8, 4) is 22.9 Å². The number of nitrogens with zero attached hydrogens (tertiary/aromatic N) is 5. The molecule has 0 aliphatic carbocycles. The lowest BCUT2D eigenvalue weighted by Crippen LogP contribution is -2.57. The van der Waals surface area contributed by atoms with E-state index in [1.807, 2.05) is 49.9 Å². The Morgan fingerprint density at radius 3 is 2.45 bits per heavy atom. The number of hydrogen-bond donors (Lipinski definition) is 0. The van der Waals surface area contributed by atoms with E-state index in [9.17, 15) is 4.79 Å². The Morgan fingerprint density at radius 2 is 1.75 bits per heavy atom. The van der Waals surface area contributed by atoms with Crippen LogP contribution in [0.25, 0.3) is 32.8 Å². The van der Waals surface area contributed by atoms with Crippen LogP contribution in [0.4, 0.5) is 15.0 Å². The van der Waals surface area contributed by atoms with Crippen molar-refractivity contribution in [2.24, 2.45) is 0 Å². The highest BCUT2D eigenvalue weighted by Crippen LogP contribution is 2.43. The maximum Gasteiger partial charge on any atom is 0.410 e. The molecule has 51 heavy (non-hydrogen) atoms. The number of anilines is 1. The van der Waals surface area contributed by atoms with Crippen LogP contribution in [-0.2, 0) is 9.47 Å². The van der Waals surface area contributed by atoms with Crippen LogP contribution >= 0.6 is 11.6 Å². The van der Waals surface area contributed by atoms with E-state index in [-0.39, 0.29) is 42.0 Å². The minimum absolute atomic E-state index is 0.0324. The molecule has 5 heterocycles. The van der Waals surface area contributed by atoms with Gasteiger partial charge in [0.25, 0.3) is 0 Å². The molecule has 0 spiro atoms. The first kappa shape index (κ1) is 34.2. The third-order valence-corrected chi connectivity index (χ3v) is 11.3. The monoisotopic (exact) mass is 717 g/mol. The molecular weight excluding hydrogens is 673 g/mol. The van der Waals surface area contributed by atoms with Gasteiger partial charge in [-0.15, -0.1) is 0 Å². The number of carbonyl (C=O) groups is 1. The van der Waals surface area contributed by atoms with Gasteiger partial charge < -0.3 is 23.8 Å². The molecule has 3 aromatic carbocycles. The summed E-state index contributed by atoms with van der Waals surface area (Å²) in [5.74, 6) is 0.639. The van der Waals surface area contributed by atoms with Gasteiger partial charge in [-0.3, -0.25) is 9.80 Å². The number of benzene rings is 3. The maximum atomic E-state index is 17.2. The van der Waals surface area contributed by atoms with Crippen LogP contribution in [-0.4, -0.2) is 95.8 Å². The van der Waals surface area contributed by atoms with E-state index in [1.165, 1.54) is 0 Å². The summed E-state index contributed by atoms with van der Waals surface area (Å²) >= 11 is 6.76. The lowest BCUT2D eigenvalue weighted by atomic mass is 9.95. The Kier molecular flexibility index (Phi) is 8.87. The first-order chi connectivity index (χ1) is 24.5. The molecule has 4 saturated heterocycles. The van der Waals surface area contributed by atoms with Gasteiger partial charge in [-0.1, -0.05) is 29.8 Å². The van der Waals surface area contributed by atoms with Crippen LogP contribution in [0.15, 0.2) is 42.5 Å². The van der Waals surface area contributed by atoms with Crippen LogP contribution in [0.3, 0.4) is 0 Å². The molecule has 4 fully saturated rings. The summed E-state index contributed by atoms with van der Waals surface area (Å²) in [6.07, 6.45) is 5.84. The number of piperazine rings is 1. The summed E-state index contributed by atoms with van der Waals surface area (Å²) in [4.78, 5) is 29.6. The predicted molar refractivity (Wildman–Crippen MR) is 195 cm³/mol. The quantitative estimate of drug-likeness (QED) is 0.169. The van der Waals surface area contributed by atoms with Crippen molar-refractivity contribution in [2.45, 2.75) is 82.5 Å². The average molecular weight is 718 g/mol. The van der Waals surface area contributed by atoms with Crippen molar-refractivity contribution < 1.29 is 28.1 Å². The van der Waals surface area contributed by atoms with Crippen LogP contribution < -0.4 is 14.4 Å². The van der Waals surface area contributed by atoms with Crippen molar-refractivity contribution in [3.05, 3.63) is 53.3 Å². The maximum absolute atomic E-state index is 17.2. The molecule has 2 atom stereocenters. The second-order valence-corrected chi connectivity index (χ2v) is 15.8. The SMILES string of the molecule is COCOc1cc(-c2ccc3c(N4C[C@H]5CC[C@@H](C4)N5C(=O)OC(C)(C)C)nc(OCC45CCCN4CCC5)nc3c2F)c2c(Cl)cccc2c1. The molecule has 12 heteroatoms. The molecule has 0 radical (unpaired) electrons. The van der Waals surface area contributed by atoms with Crippen molar-refractivity contribution in [3.63, 3.8) is 0 Å². The molecule has 4 aliphatic heterocycles. The molecule has 8 rings (SSSR count). The van der Waals surface area contributed by atoms with Gasteiger partial charge in [0.05, 0.1) is 17.6 Å². The van der Waals surface area contributed by atoms with Crippen LogP contribution in [0, 0.1) is 5.82 Å². The Balaban J connectivity index is 1.22. The minimum atomic E-state index is -0.587. The van der Waals surface area contributed by atoms with Gasteiger partial charge in [-0.05, 0) is 108 Å². The van der Waals surface area contributed by atoms with E-state index in [0.717, 1.165) is 57.0 Å².